The van der Waals surface area contributed by atoms with Gasteiger partial charge in [0.2, 0.25) is 0 Å². The van der Waals surface area contributed by atoms with Gasteiger partial charge in [0.25, 0.3) is 0 Å². The summed E-state index contributed by atoms with van der Waals surface area (Å²) < 4.78 is 20.9. The van der Waals surface area contributed by atoms with E-state index in [9.17, 15) is 0 Å². The fraction of sp³-hybridized carbons (Fsp3) is 0.0216. The maximum atomic E-state index is 6.49. The summed E-state index contributed by atoms with van der Waals surface area (Å²) in [6.07, 6.45) is 0. The van der Waals surface area contributed by atoms with Crippen LogP contribution in [0.5, 0.6) is 0 Å². The number of aromatic nitrogens is 6. The number of hydrogen-bond donors (Lipinski definition) is 0. The molecule has 0 bridgehead atoms. The monoisotopic (exact) mass is 1860 g/mol. The molecule has 0 amide bonds. The zero-order valence-corrected chi connectivity index (χ0v) is 80.2. The van der Waals surface area contributed by atoms with Gasteiger partial charge in [0.15, 0.2) is 5.58 Å². The van der Waals surface area contributed by atoms with Crippen LogP contribution in [0.25, 0.3) is 264 Å². The van der Waals surface area contributed by atoms with Crippen molar-refractivity contribution >= 4 is 164 Å². The van der Waals surface area contributed by atoms with Crippen molar-refractivity contribution in [2.75, 3.05) is 0 Å². The SMILES string of the molecule is CC1(C)c2ccccc2-c2cccc(-n3c4ccccc4c4cc(-c5ccc6c(c5)c5ccccc5n6-c5ccccc5-c5ccccc5)ccc43)c21.c1ccc(-n2c3ccccc3c3cc(-c4ccc5c(c4)c4ccccc4n5-c4ccc(-c5ccc6ccccc6c5)cc4)ccc32)cc1.c1ccc(-n2c3ccccc3c3cc(-c4ccc5c(c4)c4ccccc4n5-c4cccc5c4oc4ccccc45)ccc32)cc1. The van der Waals surface area contributed by atoms with Crippen LogP contribution < -0.4 is 0 Å². The Bertz CT molecular complexity index is 10600. The number of benzene rings is 23. The molecule has 684 valence electrons. The Labute approximate surface area is 842 Å². The topological polar surface area (TPSA) is 42.7 Å². The molecule has 0 N–H and O–H groups in total. The maximum Gasteiger partial charge on any atom is 0.159 e. The van der Waals surface area contributed by atoms with Gasteiger partial charge in [-0.1, -0.05) is 360 Å². The summed E-state index contributed by atoms with van der Waals surface area (Å²) in [4.78, 5) is 0. The highest BCUT2D eigenvalue weighted by atomic mass is 16.3. The molecule has 7 heteroatoms. The standard InChI is InChI=1S/C51H36N2.C46H30N2.C42H26N2O/c1-51(2)43-22-10-6-18-37(43)40-21-14-26-49(50(40)51)53-46-25-13-9-20-39(46)42-32-35(28-30-48(42)53)34-27-29-47-41(31-34)38-19-8-12-24-45(38)52(47)44-23-11-7-17-36(44)33-15-4-3-5-16-33;1-2-12-37(13-3-1)47-43-16-8-6-14-39(43)41-29-35(22-26-45(41)47)36-23-27-46-42(30-36)40-15-7-9-17-44(40)48(46)38-24-20-32(21-25-38)34-19-18-31-10-4-5-11-33(31)28-34;1-2-11-29(12-3-1)43-36-17-7-4-13-30(36)34-25-27(21-23-38(34)43)28-22-24-39-35(26-28)31-14-5-8-18-37(31)44(39)40-19-10-16-33-32-15-6-9-20-41(32)45-42(33)40/h3-32H,1-2H3;1-30H;1-26H. The number of hydrogen-bond acceptors (Lipinski definition) is 1. The van der Waals surface area contributed by atoms with Gasteiger partial charge in [0, 0.05) is 103 Å². The van der Waals surface area contributed by atoms with Crippen LogP contribution in [-0.4, -0.2) is 27.4 Å². The Morgan fingerprint density at radius 2 is 0.459 bits per heavy atom. The van der Waals surface area contributed by atoms with Crippen LogP contribution in [0.3, 0.4) is 0 Å². The average molecular weight is 1860 g/mol. The second-order valence-electron chi connectivity index (χ2n) is 39.3. The number of rotatable bonds is 11. The molecule has 30 aromatic rings. The summed E-state index contributed by atoms with van der Waals surface area (Å²) in [7, 11) is 0. The minimum atomic E-state index is -0.115. The van der Waals surface area contributed by atoms with Crippen molar-refractivity contribution in [3.8, 4) is 101 Å². The van der Waals surface area contributed by atoms with Gasteiger partial charge in [-0.15, -0.1) is 0 Å². The first-order valence-electron chi connectivity index (χ1n) is 50.4. The van der Waals surface area contributed by atoms with Crippen molar-refractivity contribution in [1.29, 1.82) is 0 Å². The third-order valence-electron chi connectivity index (χ3n) is 30.9. The number of furan rings is 1. The predicted molar refractivity (Wildman–Crippen MR) is 615 cm³/mol. The first-order valence-corrected chi connectivity index (χ1v) is 50.4. The smallest absolute Gasteiger partial charge is 0.159 e. The predicted octanol–water partition coefficient (Wildman–Crippen LogP) is 37.3. The molecule has 7 heterocycles. The normalized spacial score (nSPS) is 12.4. The summed E-state index contributed by atoms with van der Waals surface area (Å²) in [5.74, 6) is 0. The molecular weight excluding hydrogens is 1770 g/mol. The number of fused-ring (bicyclic) bond motifs is 25. The van der Waals surface area contributed by atoms with Crippen molar-refractivity contribution in [3.05, 3.63) is 533 Å². The van der Waals surface area contributed by atoms with Gasteiger partial charge in [-0.25, -0.2) is 0 Å². The second-order valence-corrected chi connectivity index (χ2v) is 39.3. The summed E-state index contributed by atoms with van der Waals surface area (Å²) in [6, 6.07) is 190. The summed E-state index contributed by atoms with van der Waals surface area (Å²) >= 11 is 0. The first-order chi connectivity index (χ1) is 72.2. The lowest BCUT2D eigenvalue weighted by atomic mass is 9.81. The Kier molecular flexibility index (Phi) is 19.3. The van der Waals surface area contributed by atoms with Gasteiger partial charge in [-0.05, 0) is 259 Å². The Hall–Kier alpha value is -19.1. The van der Waals surface area contributed by atoms with Crippen LogP contribution in [0.1, 0.15) is 25.0 Å². The molecule has 0 saturated heterocycles. The third kappa shape index (κ3) is 13.3. The fourth-order valence-electron chi connectivity index (χ4n) is 24.3. The highest BCUT2D eigenvalue weighted by molar-refractivity contribution is 6.19. The van der Waals surface area contributed by atoms with E-state index in [4.69, 9.17) is 4.42 Å². The van der Waals surface area contributed by atoms with E-state index >= 15 is 0 Å². The van der Waals surface area contributed by atoms with Crippen LogP contribution in [0.4, 0.5) is 0 Å². The molecule has 1 aliphatic rings. The van der Waals surface area contributed by atoms with Crippen molar-refractivity contribution in [2.45, 2.75) is 19.3 Å². The van der Waals surface area contributed by atoms with Crippen LogP contribution in [0.15, 0.2) is 526 Å². The third-order valence-corrected chi connectivity index (χ3v) is 30.9. The lowest BCUT2D eigenvalue weighted by Gasteiger charge is -2.25. The van der Waals surface area contributed by atoms with E-state index in [1.807, 2.05) is 12.1 Å². The minimum Gasteiger partial charge on any atom is -0.454 e. The molecule has 31 rings (SSSR count). The average Bonchev–Trinajstić information content (AvgIpc) is 1.54. The zero-order chi connectivity index (χ0) is 96.3. The zero-order valence-electron chi connectivity index (χ0n) is 80.2. The summed E-state index contributed by atoms with van der Waals surface area (Å²) in [5.41, 5.74) is 40.8. The van der Waals surface area contributed by atoms with Gasteiger partial charge < -0.3 is 31.8 Å². The molecule has 0 saturated carbocycles. The Morgan fingerprint density at radius 1 is 0.164 bits per heavy atom. The highest BCUT2D eigenvalue weighted by Crippen LogP contribution is 2.54. The fourth-order valence-corrected chi connectivity index (χ4v) is 24.3. The van der Waals surface area contributed by atoms with Crippen LogP contribution in [0.2, 0.25) is 0 Å². The van der Waals surface area contributed by atoms with Gasteiger partial charge in [0.1, 0.15) is 5.58 Å². The largest absolute Gasteiger partial charge is 0.454 e. The second kappa shape index (κ2) is 33.6. The van der Waals surface area contributed by atoms with Crippen molar-refractivity contribution in [3.63, 3.8) is 0 Å². The number of nitrogens with zero attached hydrogens (tertiary/aromatic N) is 6. The quantitative estimate of drug-likeness (QED) is 0.127. The summed E-state index contributed by atoms with van der Waals surface area (Å²) in [6.45, 7) is 4.75. The van der Waals surface area contributed by atoms with Crippen LogP contribution in [-0.2, 0) is 5.41 Å². The highest BCUT2D eigenvalue weighted by Gasteiger charge is 2.38. The van der Waals surface area contributed by atoms with E-state index in [2.05, 4.69) is 551 Å². The molecule has 0 atom stereocenters. The van der Waals surface area contributed by atoms with E-state index in [0.717, 1.165) is 38.8 Å². The van der Waals surface area contributed by atoms with E-state index in [1.54, 1.807) is 0 Å². The van der Waals surface area contributed by atoms with E-state index in [-0.39, 0.29) is 5.41 Å². The molecule has 1 aliphatic carbocycles. The lowest BCUT2D eigenvalue weighted by molar-refractivity contribution is 0.656. The first kappa shape index (κ1) is 83.9. The molecule has 7 aromatic heterocycles. The van der Waals surface area contributed by atoms with Crippen molar-refractivity contribution < 1.29 is 4.42 Å². The minimum absolute atomic E-state index is 0.115. The molecule has 0 fully saturated rings. The molecule has 146 heavy (non-hydrogen) atoms. The van der Waals surface area contributed by atoms with E-state index in [0.29, 0.717) is 0 Å². The molecule has 7 nitrogen and oxygen atoms in total. The van der Waals surface area contributed by atoms with Gasteiger partial charge in [0.05, 0.1) is 83.3 Å². The molecule has 0 unspecified atom stereocenters. The van der Waals surface area contributed by atoms with Crippen LogP contribution in [0, 0.1) is 0 Å². The number of para-hydroxylation sites is 11. The molecule has 0 aliphatic heterocycles. The van der Waals surface area contributed by atoms with Crippen molar-refractivity contribution in [2.24, 2.45) is 0 Å². The Morgan fingerprint density at radius 3 is 0.925 bits per heavy atom. The van der Waals surface area contributed by atoms with E-state index in [1.165, 1.54) is 237 Å². The molecule has 0 radical (unpaired) electrons. The van der Waals surface area contributed by atoms with E-state index < -0.39 is 0 Å². The maximum absolute atomic E-state index is 6.49. The molecular formula is C139H92N6O. The van der Waals surface area contributed by atoms with Crippen LogP contribution >= 0.6 is 0 Å². The van der Waals surface area contributed by atoms with Gasteiger partial charge >= 0.3 is 0 Å². The molecule has 0 spiro atoms. The lowest BCUT2D eigenvalue weighted by Crippen LogP contribution is -2.17. The Balaban J connectivity index is 0.000000104. The summed E-state index contributed by atoms with van der Waals surface area (Å²) in [5, 5.41) is 19.9. The van der Waals surface area contributed by atoms with Gasteiger partial charge in [-0.3, -0.25) is 0 Å². The van der Waals surface area contributed by atoms with Crippen molar-refractivity contribution in [1.82, 2.24) is 27.4 Å². The van der Waals surface area contributed by atoms with Gasteiger partial charge in [-0.2, -0.15) is 0 Å². The molecule has 23 aromatic carbocycles.